The Morgan fingerprint density at radius 2 is 2.33 bits per heavy atom. The van der Waals surface area contributed by atoms with Crippen molar-refractivity contribution in [2.75, 3.05) is 12.0 Å². The van der Waals surface area contributed by atoms with Gasteiger partial charge in [0.1, 0.15) is 5.75 Å². The highest BCUT2D eigenvalue weighted by molar-refractivity contribution is 7.13. The molecule has 2 rings (SSSR count). The van der Waals surface area contributed by atoms with E-state index in [1.54, 1.807) is 30.5 Å². The number of aromatic hydroxyl groups is 1. The molecule has 1 aromatic heterocycles. The number of esters is 1. The molecule has 1 heterocycles. The molecule has 0 amide bonds. The number of benzene rings is 1. The first-order valence-electron chi connectivity index (χ1n) is 6.36. The molecule has 0 aliphatic rings. The van der Waals surface area contributed by atoms with Crippen LogP contribution in [0.3, 0.4) is 0 Å². The van der Waals surface area contributed by atoms with E-state index in [-0.39, 0.29) is 18.1 Å². The summed E-state index contributed by atoms with van der Waals surface area (Å²) in [5.74, 6) is -0.141. The Balaban J connectivity index is 1.91. The van der Waals surface area contributed by atoms with Crippen molar-refractivity contribution in [3.8, 4) is 5.75 Å². The van der Waals surface area contributed by atoms with Gasteiger partial charge in [0.15, 0.2) is 0 Å². The zero-order valence-corrected chi connectivity index (χ0v) is 12.3. The minimum absolute atomic E-state index is 0.148. The lowest BCUT2D eigenvalue weighted by Gasteiger charge is -1.98. The summed E-state index contributed by atoms with van der Waals surface area (Å²) in [6.07, 6.45) is 1.65. The van der Waals surface area contributed by atoms with Gasteiger partial charge in [0, 0.05) is 10.9 Å². The van der Waals surface area contributed by atoms with Crippen LogP contribution in [-0.4, -0.2) is 28.9 Å². The average Bonchev–Trinajstić information content (AvgIpc) is 2.88. The molecule has 0 atom stereocenters. The van der Waals surface area contributed by atoms with Gasteiger partial charge in [-0.15, -0.1) is 11.3 Å². The summed E-state index contributed by atoms with van der Waals surface area (Å²) in [6.45, 7) is 2.12. The van der Waals surface area contributed by atoms with E-state index in [4.69, 9.17) is 4.74 Å². The number of aromatic nitrogens is 1. The molecule has 0 saturated carbocycles. The molecule has 0 bridgehead atoms. The minimum Gasteiger partial charge on any atom is -0.507 e. The van der Waals surface area contributed by atoms with Crippen molar-refractivity contribution in [2.45, 2.75) is 13.3 Å². The highest BCUT2D eigenvalue weighted by Gasteiger charge is 2.07. The van der Waals surface area contributed by atoms with Gasteiger partial charge in [-0.3, -0.25) is 10.2 Å². The van der Waals surface area contributed by atoms with Crippen LogP contribution in [0.5, 0.6) is 5.75 Å². The van der Waals surface area contributed by atoms with Crippen LogP contribution in [0.25, 0.3) is 0 Å². The number of carbonyl (C=O) groups excluding carboxylic acids is 1. The summed E-state index contributed by atoms with van der Waals surface area (Å²) >= 11 is 1.34. The predicted molar refractivity (Wildman–Crippen MR) is 81.8 cm³/mol. The number of para-hydroxylation sites is 1. The maximum atomic E-state index is 11.3. The van der Waals surface area contributed by atoms with Crippen LogP contribution in [0.15, 0.2) is 34.7 Å². The molecule has 0 fully saturated rings. The predicted octanol–water partition coefficient (Wildman–Crippen LogP) is 2.40. The van der Waals surface area contributed by atoms with Crippen LogP contribution in [0, 0.1) is 0 Å². The van der Waals surface area contributed by atoms with Crippen molar-refractivity contribution in [1.82, 2.24) is 4.98 Å². The molecule has 2 aromatic rings. The van der Waals surface area contributed by atoms with Crippen molar-refractivity contribution in [3.05, 3.63) is 40.9 Å². The van der Waals surface area contributed by atoms with E-state index in [2.05, 4.69) is 15.5 Å². The van der Waals surface area contributed by atoms with E-state index in [9.17, 15) is 9.90 Å². The molecule has 2 N–H and O–H groups in total. The topological polar surface area (TPSA) is 83.8 Å². The zero-order valence-electron chi connectivity index (χ0n) is 11.4. The van der Waals surface area contributed by atoms with Gasteiger partial charge in [0.05, 0.1) is 24.9 Å². The van der Waals surface area contributed by atoms with E-state index in [1.807, 2.05) is 6.07 Å². The Labute approximate surface area is 126 Å². The number of carbonyl (C=O) groups is 1. The molecule has 0 radical (unpaired) electrons. The lowest BCUT2D eigenvalue weighted by atomic mass is 10.2. The van der Waals surface area contributed by atoms with Gasteiger partial charge in [-0.05, 0) is 19.1 Å². The molecule has 6 nitrogen and oxygen atoms in total. The number of thiazole rings is 1. The molecular weight excluding hydrogens is 290 g/mol. The van der Waals surface area contributed by atoms with Gasteiger partial charge in [-0.2, -0.15) is 5.10 Å². The van der Waals surface area contributed by atoms with Crippen LogP contribution >= 0.6 is 11.3 Å². The molecule has 110 valence electrons. The molecule has 1 aromatic carbocycles. The fourth-order valence-electron chi connectivity index (χ4n) is 1.55. The maximum Gasteiger partial charge on any atom is 0.311 e. The summed E-state index contributed by atoms with van der Waals surface area (Å²) in [4.78, 5) is 15.5. The number of hydrogen-bond acceptors (Lipinski definition) is 7. The highest BCUT2D eigenvalue weighted by atomic mass is 32.1. The third-order valence-electron chi connectivity index (χ3n) is 2.48. The number of nitrogens with one attached hydrogen (secondary N) is 1. The number of ether oxygens (including phenoxy) is 1. The van der Waals surface area contributed by atoms with Crippen LogP contribution in [0.4, 0.5) is 5.13 Å². The van der Waals surface area contributed by atoms with Crippen molar-refractivity contribution in [2.24, 2.45) is 5.10 Å². The van der Waals surface area contributed by atoms with E-state index in [1.165, 1.54) is 17.6 Å². The smallest absolute Gasteiger partial charge is 0.311 e. The van der Waals surface area contributed by atoms with Gasteiger partial charge in [0.25, 0.3) is 0 Å². The van der Waals surface area contributed by atoms with Gasteiger partial charge < -0.3 is 9.84 Å². The normalized spacial score (nSPS) is 10.7. The number of nitrogens with zero attached hydrogens (tertiary/aromatic N) is 2. The van der Waals surface area contributed by atoms with Gasteiger partial charge in [0.2, 0.25) is 5.13 Å². The summed E-state index contributed by atoms with van der Waals surface area (Å²) in [7, 11) is 0. The lowest BCUT2D eigenvalue weighted by Crippen LogP contribution is -2.07. The zero-order chi connectivity index (χ0) is 15.1. The molecule has 21 heavy (non-hydrogen) atoms. The Morgan fingerprint density at radius 3 is 3.10 bits per heavy atom. The number of phenolic OH excluding ortho intramolecular Hbond substituents is 1. The third kappa shape index (κ3) is 4.57. The lowest BCUT2D eigenvalue weighted by molar-refractivity contribution is -0.142. The van der Waals surface area contributed by atoms with Gasteiger partial charge >= 0.3 is 5.97 Å². The quantitative estimate of drug-likeness (QED) is 0.486. The van der Waals surface area contributed by atoms with E-state index in [0.717, 1.165) is 0 Å². The molecular formula is C14H15N3O3S. The second-order valence-electron chi connectivity index (χ2n) is 4.05. The van der Waals surface area contributed by atoms with E-state index >= 15 is 0 Å². The Hall–Kier alpha value is -2.41. The molecule has 0 saturated heterocycles. The third-order valence-corrected chi connectivity index (χ3v) is 3.28. The summed E-state index contributed by atoms with van der Waals surface area (Å²) in [6, 6.07) is 6.88. The number of hydrogen-bond donors (Lipinski definition) is 2. The Kier molecular flexibility index (Phi) is 5.28. The first-order valence-corrected chi connectivity index (χ1v) is 7.24. The standard InChI is InChI=1S/C14H15N3O3S/c1-2-20-13(19)7-11-9-21-14(16-11)17-15-8-10-5-3-4-6-12(10)18/h3-6,8-9,18H,2,7H2,1H3,(H,16,17)/b15-8+. The first-order chi connectivity index (χ1) is 10.2. The fraction of sp³-hybridized carbons (Fsp3) is 0.214. The molecule has 0 aliphatic carbocycles. The van der Waals surface area contributed by atoms with Gasteiger partial charge in [-0.25, -0.2) is 4.98 Å². The van der Waals surface area contributed by atoms with Crippen LogP contribution in [0.1, 0.15) is 18.2 Å². The summed E-state index contributed by atoms with van der Waals surface area (Å²) in [5, 5.41) is 15.9. The largest absolute Gasteiger partial charge is 0.507 e. The molecule has 0 aliphatic heterocycles. The SMILES string of the molecule is CCOC(=O)Cc1csc(N/N=C/c2ccccc2O)n1. The second kappa shape index (κ2) is 7.39. The monoisotopic (exact) mass is 305 g/mol. The molecule has 0 unspecified atom stereocenters. The van der Waals surface area contributed by atoms with Crippen LogP contribution in [0.2, 0.25) is 0 Å². The van der Waals surface area contributed by atoms with E-state index < -0.39 is 0 Å². The van der Waals surface area contributed by atoms with E-state index in [0.29, 0.717) is 23.0 Å². The number of hydrazone groups is 1. The number of phenols is 1. The Morgan fingerprint density at radius 1 is 1.52 bits per heavy atom. The van der Waals surface area contributed by atoms with Crippen molar-refractivity contribution >= 4 is 28.7 Å². The van der Waals surface area contributed by atoms with Crippen molar-refractivity contribution in [1.29, 1.82) is 0 Å². The second-order valence-corrected chi connectivity index (χ2v) is 4.91. The first kappa shape index (κ1) is 15.0. The number of rotatable bonds is 6. The molecule has 0 spiro atoms. The summed E-state index contributed by atoms with van der Waals surface area (Å²) in [5.41, 5.74) is 4.00. The fourth-order valence-corrected chi connectivity index (χ4v) is 2.21. The number of anilines is 1. The van der Waals surface area contributed by atoms with Crippen LogP contribution < -0.4 is 5.43 Å². The molecule has 7 heteroatoms. The van der Waals surface area contributed by atoms with Gasteiger partial charge in [-0.1, -0.05) is 12.1 Å². The van der Waals surface area contributed by atoms with Crippen molar-refractivity contribution in [3.63, 3.8) is 0 Å². The minimum atomic E-state index is -0.299. The highest BCUT2D eigenvalue weighted by Crippen LogP contribution is 2.17. The Bertz CT molecular complexity index is 640. The van der Waals surface area contributed by atoms with Crippen LogP contribution in [-0.2, 0) is 16.0 Å². The summed E-state index contributed by atoms with van der Waals surface area (Å²) < 4.78 is 4.86. The average molecular weight is 305 g/mol. The van der Waals surface area contributed by atoms with Crippen molar-refractivity contribution < 1.29 is 14.6 Å². The maximum absolute atomic E-state index is 11.3.